The van der Waals surface area contributed by atoms with Crippen molar-refractivity contribution < 1.29 is 9.59 Å². The van der Waals surface area contributed by atoms with Crippen molar-refractivity contribution in [3.63, 3.8) is 0 Å². The Labute approximate surface area is 153 Å². The van der Waals surface area contributed by atoms with E-state index in [-0.39, 0.29) is 30.3 Å². The summed E-state index contributed by atoms with van der Waals surface area (Å²) in [7, 11) is 0. The molecule has 3 N–H and O–H groups in total. The van der Waals surface area contributed by atoms with Crippen LogP contribution >= 0.6 is 12.4 Å². The van der Waals surface area contributed by atoms with Crippen LogP contribution in [-0.2, 0) is 17.9 Å². The molecule has 2 aromatic rings. The van der Waals surface area contributed by atoms with Gasteiger partial charge >= 0.3 is 0 Å². The van der Waals surface area contributed by atoms with Crippen LogP contribution < -0.4 is 16.0 Å². The highest BCUT2D eigenvalue weighted by molar-refractivity contribution is 5.94. The number of halogens is 1. The number of carbonyl (C=O) groups is 2. The Bertz CT molecular complexity index is 792. The van der Waals surface area contributed by atoms with Crippen LogP contribution in [0.15, 0.2) is 42.5 Å². The number of hydrogen-bond acceptors (Lipinski definition) is 3. The SMILES string of the molecule is CC(=O)Nc1cccc(C(C)NC(=O)c2ccc3c(c2)CNC3)c1.Cl. The van der Waals surface area contributed by atoms with E-state index in [1.807, 2.05) is 49.4 Å². The molecule has 1 aliphatic rings. The number of anilines is 1. The first-order valence-corrected chi connectivity index (χ1v) is 8.04. The van der Waals surface area contributed by atoms with Gasteiger partial charge in [-0.05, 0) is 47.9 Å². The molecule has 6 heteroatoms. The summed E-state index contributed by atoms with van der Waals surface area (Å²) in [5.41, 5.74) is 4.77. The van der Waals surface area contributed by atoms with E-state index >= 15 is 0 Å². The van der Waals surface area contributed by atoms with Gasteiger partial charge in [-0.2, -0.15) is 0 Å². The van der Waals surface area contributed by atoms with Crippen LogP contribution in [0.4, 0.5) is 5.69 Å². The largest absolute Gasteiger partial charge is 0.346 e. The smallest absolute Gasteiger partial charge is 0.251 e. The van der Waals surface area contributed by atoms with E-state index in [4.69, 9.17) is 0 Å². The third-order valence-electron chi connectivity index (χ3n) is 4.15. The fraction of sp³-hybridized carbons (Fsp3) is 0.263. The Hall–Kier alpha value is -2.37. The predicted octanol–water partition coefficient (Wildman–Crippen LogP) is 3.16. The van der Waals surface area contributed by atoms with Crippen molar-refractivity contribution in [3.8, 4) is 0 Å². The van der Waals surface area contributed by atoms with Crippen LogP contribution in [0.5, 0.6) is 0 Å². The molecule has 1 atom stereocenters. The van der Waals surface area contributed by atoms with Gasteiger partial charge in [0.25, 0.3) is 5.91 Å². The standard InChI is InChI=1S/C19H21N3O2.ClH/c1-12(14-4-3-5-18(9-14)22-13(2)23)21-19(24)15-6-7-16-10-20-11-17(16)8-15;/h3-9,12,20H,10-11H2,1-2H3,(H,21,24)(H,22,23);1H. The highest BCUT2D eigenvalue weighted by Crippen LogP contribution is 2.20. The fourth-order valence-corrected chi connectivity index (χ4v) is 2.89. The summed E-state index contributed by atoms with van der Waals surface area (Å²) < 4.78 is 0. The molecule has 0 spiro atoms. The molecular weight excluding hydrogens is 338 g/mol. The van der Waals surface area contributed by atoms with Crippen LogP contribution in [0, 0.1) is 0 Å². The van der Waals surface area contributed by atoms with Crippen LogP contribution in [0.3, 0.4) is 0 Å². The van der Waals surface area contributed by atoms with Crippen LogP contribution in [0.2, 0.25) is 0 Å². The van der Waals surface area contributed by atoms with E-state index in [9.17, 15) is 9.59 Å². The summed E-state index contributed by atoms with van der Waals surface area (Å²) in [5.74, 6) is -0.210. The first-order valence-electron chi connectivity index (χ1n) is 8.04. The molecule has 2 amide bonds. The molecule has 5 nitrogen and oxygen atoms in total. The van der Waals surface area contributed by atoms with Crippen molar-refractivity contribution in [2.24, 2.45) is 0 Å². The highest BCUT2D eigenvalue weighted by atomic mass is 35.5. The molecule has 0 radical (unpaired) electrons. The lowest BCUT2D eigenvalue weighted by atomic mass is 10.0. The second-order valence-corrected chi connectivity index (χ2v) is 6.09. The lowest BCUT2D eigenvalue weighted by Crippen LogP contribution is -2.26. The minimum Gasteiger partial charge on any atom is -0.346 e. The minimum atomic E-state index is -0.155. The van der Waals surface area contributed by atoms with Gasteiger partial charge in [-0.3, -0.25) is 9.59 Å². The number of benzene rings is 2. The molecule has 0 bridgehead atoms. The van der Waals surface area contributed by atoms with Gasteiger partial charge in [0.05, 0.1) is 6.04 Å². The summed E-state index contributed by atoms with van der Waals surface area (Å²) in [6.07, 6.45) is 0. The monoisotopic (exact) mass is 359 g/mol. The Kier molecular flexibility index (Phi) is 6.17. The van der Waals surface area contributed by atoms with Crippen molar-refractivity contribution in [1.29, 1.82) is 0 Å². The number of carbonyl (C=O) groups excluding carboxylic acids is 2. The van der Waals surface area contributed by atoms with E-state index in [2.05, 4.69) is 16.0 Å². The molecule has 3 rings (SSSR count). The van der Waals surface area contributed by atoms with Gasteiger partial charge < -0.3 is 16.0 Å². The van der Waals surface area contributed by atoms with Gasteiger partial charge in [-0.1, -0.05) is 18.2 Å². The van der Waals surface area contributed by atoms with Gasteiger partial charge in [0, 0.05) is 31.3 Å². The average molecular weight is 360 g/mol. The number of fused-ring (bicyclic) bond motifs is 1. The maximum atomic E-state index is 12.5. The second-order valence-electron chi connectivity index (χ2n) is 6.09. The van der Waals surface area contributed by atoms with Gasteiger partial charge in [-0.15, -0.1) is 12.4 Å². The van der Waals surface area contributed by atoms with Crippen molar-refractivity contribution in [3.05, 3.63) is 64.7 Å². The molecule has 0 aromatic heterocycles. The molecule has 1 aliphatic heterocycles. The van der Waals surface area contributed by atoms with E-state index in [0.29, 0.717) is 5.56 Å². The summed E-state index contributed by atoms with van der Waals surface area (Å²) in [4.78, 5) is 23.7. The molecule has 1 heterocycles. The Morgan fingerprint density at radius 1 is 1.08 bits per heavy atom. The topological polar surface area (TPSA) is 70.2 Å². The van der Waals surface area contributed by atoms with Gasteiger partial charge in [-0.25, -0.2) is 0 Å². The van der Waals surface area contributed by atoms with Crippen molar-refractivity contribution >= 4 is 29.9 Å². The van der Waals surface area contributed by atoms with Crippen molar-refractivity contribution in [2.45, 2.75) is 33.0 Å². The average Bonchev–Trinajstić information content (AvgIpc) is 3.02. The van der Waals surface area contributed by atoms with Crippen LogP contribution in [0.1, 0.15) is 46.9 Å². The Balaban J connectivity index is 0.00000225. The Morgan fingerprint density at radius 2 is 1.84 bits per heavy atom. The minimum absolute atomic E-state index is 0. The molecule has 0 saturated carbocycles. The number of amides is 2. The maximum Gasteiger partial charge on any atom is 0.251 e. The summed E-state index contributed by atoms with van der Waals surface area (Å²) in [6, 6.07) is 13.2. The Morgan fingerprint density at radius 3 is 2.60 bits per heavy atom. The quantitative estimate of drug-likeness (QED) is 0.785. The first kappa shape index (κ1) is 19.0. The molecule has 0 fully saturated rings. The normalized spacial score (nSPS) is 13.4. The fourth-order valence-electron chi connectivity index (χ4n) is 2.89. The zero-order valence-electron chi connectivity index (χ0n) is 14.3. The molecular formula is C19H22ClN3O2. The third kappa shape index (κ3) is 4.59. The molecule has 2 aromatic carbocycles. The lowest BCUT2D eigenvalue weighted by Gasteiger charge is -2.16. The van der Waals surface area contributed by atoms with Gasteiger partial charge in [0.1, 0.15) is 0 Å². The summed E-state index contributed by atoms with van der Waals surface area (Å²) in [5, 5.41) is 9.04. The summed E-state index contributed by atoms with van der Waals surface area (Å²) >= 11 is 0. The van der Waals surface area contributed by atoms with E-state index in [0.717, 1.165) is 24.3 Å². The lowest BCUT2D eigenvalue weighted by molar-refractivity contribution is -0.114. The highest BCUT2D eigenvalue weighted by Gasteiger charge is 2.15. The molecule has 132 valence electrons. The van der Waals surface area contributed by atoms with E-state index in [1.54, 1.807) is 0 Å². The van der Waals surface area contributed by atoms with E-state index < -0.39 is 0 Å². The molecule has 1 unspecified atom stereocenters. The van der Waals surface area contributed by atoms with Gasteiger partial charge in [0.2, 0.25) is 5.91 Å². The van der Waals surface area contributed by atoms with Crippen molar-refractivity contribution in [2.75, 3.05) is 5.32 Å². The first-order chi connectivity index (χ1) is 11.5. The second kappa shape index (κ2) is 8.14. The van der Waals surface area contributed by atoms with E-state index in [1.165, 1.54) is 18.1 Å². The third-order valence-corrected chi connectivity index (χ3v) is 4.15. The number of hydrogen-bond donors (Lipinski definition) is 3. The zero-order valence-corrected chi connectivity index (χ0v) is 15.1. The molecule has 0 aliphatic carbocycles. The molecule has 0 saturated heterocycles. The zero-order chi connectivity index (χ0) is 17.1. The van der Waals surface area contributed by atoms with Crippen LogP contribution in [0.25, 0.3) is 0 Å². The number of nitrogens with one attached hydrogen (secondary N) is 3. The number of rotatable bonds is 4. The maximum absolute atomic E-state index is 12.5. The predicted molar refractivity (Wildman–Crippen MR) is 101 cm³/mol. The summed E-state index contributed by atoms with van der Waals surface area (Å²) in [6.45, 7) is 5.08. The van der Waals surface area contributed by atoms with Crippen LogP contribution in [-0.4, -0.2) is 11.8 Å². The molecule has 25 heavy (non-hydrogen) atoms. The van der Waals surface area contributed by atoms with Crippen molar-refractivity contribution in [1.82, 2.24) is 10.6 Å². The van der Waals surface area contributed by atoms with Gasteiger partial charge in [0.15, 0.2) is 0 Å².